The molecule has 0 unspecified atom stereocenters. The molecule has 28 heavy (non-hydrogen) atoms. The van der Waals surface area contributed by atoms with Crippen LogP contribution in [0.1, 0.15) is 36.6 Å². The molecule has 0 spiro atoms. The Hall–Kier alpha value is -3.22. The first-order valence-electron chi connectivity index (χ1n) is 9.74. The lowest BCUT2D eigenvalue weighted by Gasteiger charge is -2.20. The van der Waals surface area contributed by atoms with Gasteiger partial charge in [0.05, 0.1) is 29.9 Å². The minimum Gasteiger partial charge on any atom is -0.385 e. The topological polar surface area (TPSA) is 89.2 Å². The Labute approximate surface area is 165 Å². The van der Waals surface area contributed by atoms with Crippen LogP contribution in [-0.2, 0) is 13.0 Å². The summed E-state index contributed by atoms with van der Waals surface area (Å²) in [5, 5.41) is 4.65. The van der Waals surface area contributed by atoms with Crippen molar-refractivity contribution in [3.05, 3.63) is 66.0 Å². The van der Waals surface area contributed by atoms with Crippen LogP contribution in [0, 0.1) is 0 Å². The molecule has 0 bridgehead atoms. The van der Waals surface area contributed by atoms with Gasteiger partial charge in [-0.05, 0) is 43.0 Å². The average Bonchev–Trinajstić information content (AvgIpc) is 3.44. The van der Waals surface area contributed by atoms with Crippen molar-refractivity contribution in [3.63, 3.8) is 0 Å². The van der Waals surface area contributed by atoms with Crippen molar-refractivity contribution in [3.8, 4) is 0 Å². The molecule has 4 N–H and O–H groups in total. The lowest BCUT2D eigenvalue weighted by molar-refractivity contribution is 0.421. The monoisotopic (exact) mass is 377 g/mol. The summed E-state index contributed by atoms with van der Waals surface area (Å²) in [6.45, 7) is 9.06. The van der Waals surface area contributed by atoms with Crippen LogP contribution in [0.4, 0.5) is 5.69 Å². The number of fused-ring (bicyclic) bond motifs is 1. The van der Waals surface area contributed by atoms with Crippen molar-refractivity contribution >= 4 is 17.2 Å². The first kappa shape index (κ1) is 18.2. The number of hydrogen-bond donors (Lipinski definition) is 2. The van der Waals surface area contributed by atoms with Gasteiger partial charge in [0, 0.05) is 36.7 Å². The van der Waals surface area contributed by atoms with Gasteiger partial charge in [-0.2, -0.15) is 5.10 Å². The molecule has 2 aromatic rings. The zero-order valence-corrected chi connectivity index (χ0v) is 16.3. The summed E-state index contributed by atoms with van der Waals surface area (Å²) in [4.78, 5) is 8.65. The predicted molar refractivity (Wildman–Crippen MR) is 113 cm³/mol. The van der Waals surface area contributed by atoms with Crippen LogP contribution in [0.5, 0.6) is 0 Å². The Morgan fingerprint density at radius 1 is 1.18 bits per heavy atom. The van der Waals surface area contributed by atoms with Crippen LogP contribution in [0.25, 0.3) is 11.5 Å². The molecule has 0 amide bonds. The molecule has 1 fully saturated rings. The van der Waals surface area contributed by atoms with E-state index in [2.05, 4.69) is 39.5 Å². The van der Waals surface area contributed by atoms with Crippen LogP contribution < -0.4 is 16.4 Å². The second-order valence-corrected chi connectivity index (χ2v) is 7.25. The fourth-order valence-electron chi connectivity index (χ4n) is 3.68. The van der Waals surface area contributed by atoms with Gasteiger partial charge in [0.1, 0.15) is 5.82 Å². The van der Waals surface area contributed by atoms with Crippen LogP contribution in [0.15, 0.2) is 49.2 Å². The van der Waals surface area contributed by atoms with E-state index in [0.717, 1.165) is 48.0 Å². The smallest absolute Gasteiger partial charge is 0.124 e. The van der Waals surface area contributed by atoms with Crippen LogP contribution in [0.3, 0.4) is 0 Å². The van der Waals surface area contributed by atoms with Gasteiger partial charge in [0.15, 0.2) is 0 Å². The lowest BCUT2D eigenvalue weighted by Crippen LogP contribution is -2.24. The van der Waals surface area contributed by atoms with Gasteiger partial charge in [-0.25, -0.2) is 4.68 Å². The Balaban J connectivity index is 1.51. The van der Waals surface area contributed by atoms with Crippen molar-refractivity contribution in [1.82, 2.24) is 19.7 Å². The maximum atomic E-state index is 6.22. The summed E-state index contributed by atoms with van der Waals surface area (Å²) in [5.41, 5.74) is 17.5. The third kappa shape index (κ3) is 3.35. The van der Waals surface area contributed by atoms with Crippen LogP contribution in [-0.4, -0.2) is 32.8 Å². The third-order valence-electron chi connectivity index (χ3n) is 5.40. The molecule has 2 aliphatic rings. The van der Waals surface area contributed by atoms with Gasteiger partial charge in [0.2, 0.25) is 0 Å². The van der Waals surface area contributed by atoms with Gasteiger partial charge in [0.25, 0.3) is 0 Å². The van der Waals surface area contributed by atoms with Crippen molar-refractivity contribution in [2.75, 3.05) is 18.0 Å². The summed E-state index contributed by atoms with van der Waals surface area (Å²) in [6, 6.07) is 2.15. The zero-order chi connectivity index (χ0) is 19.7. The molecule has 146 valence electrons. The second-order valence-electron chi connectivity index (χ2n) is 7.25. The largest absolute Gasteiger partial charge is 0.385 e. The Kier molecular flexibility index (Phi) is 4.81. The molecule has 2 aliphatic heterocycles. The quantitative estimate of drug-likeness (QED) is 0.778. The van der Waals surface area contributed by atoms with E-state index in [0.29, 0.717) is 12.4 Å². The minimum atomic E-state index is 0.533. The molecule has 0 aliphatic carbocycles. The number of rotatable bonds is 5. The Morgan fingerprint density at radius 2 is 1.93 bits per heavy atom. The zero-order valence-electron chi connectivity index (χ0n) is 16.3. The SMILES string of the molecule is C=C1c2cn(/C(N)=C/C=C(\N)N3CCCC3)nc2CN1c1cncc(CC)c1. The highest BCUT2D eigenvalue weighted by Gasteiger charge is 2.27. The summed E-state index contributed by atoms with van der Waals surface area (Å²) >= 11 is 0. The third-order valence-corrected chi connectivity index (χ3v) is 5.40. The number of aromatic nitrogens is 3. The van der Waals surface area contributed by atoms with Gasteiger partial charge in [-0.3, -0.25) is 4.98 Å². The number of nitrogens with zero attached hydrogens (tertiary/aromatic N) is 5. The molecule has 1 saturated heterocycles. The average molecular weight is 377 g/mol. The highest BCUT2D eigenvalue weighted by atomic mass is 15.3. The fraction of sp³-hybridized carbons (Fsp3) is 0.333. The van der Waals surface area contributed by atoms with Crippen molar-refractivity contribution in [2.45, 2.75) is 32.7 Å². The first-order valence-corrected chi connectivity index (χ1v) is 9.74. The van der Waals surface area contributed by atoms with E-state index in [1.54, 1.807) is 4.68 Å². The Bertz CT molecular complexity index is 947. The normalized spacial score (nSPS) is 17.5. The molecule has 7 heteroatoms. The van der Waals surface area contributed by atoms with E-state index < -0.39 is 0 Å². The summed E-state index contributed by atoms with van der Waals surface area (Å²) in [7, 11) is 0. The van der Waals surface area contributed by atoms with E-state index in [1.807, 2.05) is 30.7 Å². The van der Waals surface area contributed by atoms with Gasteiger partial charge < -0.3 is 21.3 Å². The highest BCUT2D eigenvalue weighted by Crippen LogP contribution is 2.35. The number of nitrogens with two attached hydrogens (primary N) is 2. The number of hydrogen-bond acceptors (Lipinski definition) is 6. The minimum absolute atomic E-state index is 0.533. The highest BCUT2D eigenvalue weighted by molar-refractivity contribution is 5.82. The van der Waals surface area contributed by atoms with Crippen molar-refractivity contribution in [1.29, 1.82) is 0 Å². The van der Waals surface area contributed by atoms with Crippen molar-refractivity contribution in [2.24, 2.45) is 11.5 Å². The molecular formula is C21H27N7. The lowest BCUT2D eigenvalue weighted by atomic mass is 10.2. The molecule has 4 heterocycles. The van der Waals surface area contributed by atoms with E-state index in [1.165, 1.54) is 18.4 Å². The maximum Gasteiger partial charge on any atom is 0.124 e. The molecule has 2 aromatic heterocycles. The predicted octanol–water partition coefficient (Wildman–Crippen LogP) is 2.48. The summed E-state index contributed by atoms with van der Waals surface area (Å²) in [6.07, 6.45) is 12.7. The fourth-order valence-corrected chi connectivity index (χ4v) is 3.68. The van der Waals surface area contributed by atoms with E-state index in [-0.39, 0.29) is 0 Å². The van der Waals surface area contributed by atoms with Gasteiger partial charge in [-0.15, -0.1) is 0 Å². The number of allylic oxidation sites excluding steroid dienone is 2. The number of anilines is 1. The molecular weight excluding hydrogens is 350 g/mol. The summed E-state index contributed by atoms with van der Waals surface area (Å²) < 4.78 is 1.70. The van der Waals surface area contributed by atoms with Crippen LogP contribution in [0.2, 0.25) is 0 Å². The van der Waals surface area contributed by atoms with E-state index in [9.17, 15) is 0 Å². The Morgan fingerprint density at radius 3 is 2.64 bits per heavy atom. The standard InChI is InChI=1S/C21H27N7/c1-3-16-10-17(12-24-11-16)27-14-19-18(15(27)2)13-28(25-19)21(23)7-6-20(22)26-8-4-5-9-26/h6-7,10-13H,2-5,8-9,14,22-23H2,1H3/b20-6+,21-7+. The van der Waals surface area contributed by atoms with Gasteiger partial charge in [-0.1, -0.05) is 13.5 Å². The van der Waals surface area contributed by atoms with Gasteiger partial charge >= 0.3 is 0 Å². The number of pyridine rings is 1. The molecule has 0 saturated carbocycles. The molecule has 0 atom stereocenters. The number of aryl methyl sites for hydroxylation is 1. The van der Waals surface area contributed by atoms with E-state index >= 15 is 0 Å². The first-order chi connectivity index (χ1) is 13.6. The maximum absolute atomic E-state index is 6.22. The number of likely N-dealkylation sites (tertiary alicyclic amines) is 1. The molecule has 0 aromatic carbocycles. The molecule has 4 rings (SSSR count). The van der Waals surface area contributed by atoms with Crippen LogP contribution >= 0.6 is 0 Å². The molecule has 7 nitrogen and oxygen atoms in total. The summed E-state index contributed by atoms with van der Waals surface area (Å²) in [5.74, 6) is 1.28. The van der Waals surface area contributed by atoms with Crippen molar-refractivity contribution < 1.29 is 0 Å². The molecule has 0 radical (unpaired) electrons. The second kappa shape index (κ2) is 7.42. The van der Waals surface area contributed by atoms with E-state index in [4.69, 9.17) is 11.5 Å².